The highest BCUT2D eigenvalue weighted by Crippen LogP contribution is 2.40. The number of nitrogens with one attached hydrogen (secondary N) is 1. The Bertz CT molecular complexity index is 1540. The quantitative estimate of drug-likeness (QED) is 0.324. The number of hydrogen-bond donors (Lipinski definition) is 2. The molecule has 1 heterocycles. The first-order valence-corrected chi connectivity index (χ1v) is 15.0. The van der Waals surface area contributed by atoms with E-state index in [0.29, 0.717) is 11.3 Å². The Kier molecular flexibility index (Phi) is 10.6. The Morgan fingerprint density at radius 2 is 1.67 bits per heavy atom. The van der Waals surface area contributed by atoms with Crippen molar-refractivity contribution in [2.75, 3.05) is 13.1 Å². The van der Waals surface area contributed by atoms with Crippen LogP contribution >= 0.6 is 12.4 Å². The van der Waals surface area contributed by atoms with Gasteiger partial charge in [-0.05, 0) is 69.5 Å². The third-order valence-corrected chi connectivity index (χ3v) is 8.52. The number of rotatable bonds is 10. The summed E-state index contributed by atoms with van der Waals surface area (Å²) < 4.78 is 53.8. The second-order valence-corrected chi connectivity index (χ2v) is 13.4. The summed E-state index contributed by atoms with van der Waals surface area (Å²) in [4.78, 5) is 24.8. The fourth-order valence-electron chi connectivity index (χ4n) is 4.60. The van der Waals surface area contributed by atoms with E-state index in [1.54, 1.807) is 18.2 Å². The number of benzene rings is 3. The van der Waals surface area contributed by atoms with Gasteiger partial charge < -0.3 is 20.5 Å². The largest absolute Gasteiger partial charge is 0.480 e. The van der Waals surface area contributed by atoms with Crippen molar-refractivity contribution in [1.29, 1.82) is 0 Å². The molecule has 1 amide bonds. The zero-order valence-corrected chi connectivity index (χ0v) is 26.1. The number of carbonyl (C=O) groups is 2. The third-order valence-electron chi connectivity index (χ3n) is 6.73. The fraction of sp³-hybridized carbons (Fsp3) is 0.355. The average Bonchev–Trinajstić information content (AvgIpc) is 2.90. The number of nitrogens with two attached hydrogens (primary N) is 1. The Morgan fingerprint density at radius 1 is 1.02 bits per heavy atom. The topological polar surface area (TPSA) is 128 Å². The summed E-state index contributed by atoms with van der Waals surface area (Å²) in [6.07, 6.45) is -1.03. The van der Waals surface area contributed by atoms with Gasteiger partial charge in [-0.2, -0.15) is 4.31 Å². The smallest absolute Gasteiger partial charge is 0.324 e. The van der Waals surface area contributed by atoms with E-state index in [0.717, 1.165) is 5.56 Å². The highest BCUT2D eigenvalue weighted by molar-refractivity contribution is 7.89. The van der Waals surface area contributed by atoms with Crippen LogP contribution < -0.4 is 15.8 Å². The number of nitrogens with zero attached hydrogens (tertiary/aromatic N) is 1. The van der Waals surface area contributed by atoms with Crippen LogP contribution in [-0.2, 0) is 36.4 Å². The summed E-state index contributed by atoms with van der Waals surface area (Å²) in [6.45, 7) is 6.92. The van der Waals surface area contributed by atoms with Crippen molar-refractivity contribution in [2.24, 2.45) is 5.73 Å². The van der Waals surface area contributed by atoms with Crippen molar-refractivity contribution in [2.45, 2.75) is 62.3 Å². The van der Waals surface area contributed by atoms with Crippen LogP contribution in [0.15, 0.2) is 83.8 Å². The Hall–Kier alpha value is -3.51. The van der Waals surface area contributed by atoms with Gasteiger partial charge in [-0.1, -0.05) is 48.5 Å². The van der Waals surface area contributed by atoms with Crippen LogP contribution in [0.1, 0.15) is 38.8 Å². The van der Waals surface area contributed by atoms with Crippen LogP contribution in [0.4, 0.5) is 4.39 Å². The lowest BCUT2D eigenvalue weighted by atomic mass is 9.87. The molecule has 12 heteroatoms. The number of esters is 1. The maximum absolute atomic E-state index is 13.8. The van der Waals surface area contributed by atoms with Gasteiger partial charge in [0.2, 0.25) is 10.0 Å². The molecule has 0 aliphatic carbocycles. The molecule has 3 aromatic rings. The molecular weight excluding hydrogens is 597 g/mol. The molecule has 1 aliphatic heterocycles. The molecule has 1 saturated heterocycles. The lowest BCUT2D eigenvalue weighted by Gasteiger charge is -2.48. The van der Waals surface area contributed by atoms with Crippen molar-refractivity contribution in [3.05, 3.63) is 95.8 Å². The molecule has 232 valence electrons. The molecule has 0 saturated carbocycles. The molecule has 3 N–H and O–H groups in total. The Morgan fingerprint density at radius 3 is 2.30 bits per heavy atom. The molecule has 1 unspecified atom stereocenters. The lowest BCUT2D eigenvalue weighted by molar-refractivity contribution is -0.156. The van der Waals surface area contributed by atoms with E-state index < -0.39 is 51.0 Å². The van der Waals surface area contributed by atoms with Gasteiger partial charge in [0, 0.05) is 11.6 Å². The van der Waals surface area contributed by atoms with Gasteiger partial charge in [-0.25, -0.2) is 12.8 Å². The molecule has 9 nitrogen and oxygen atoms in total. The van der Waals surface area contributed by atoms with Gasteiger partial charge in [-0.15, -0.1) is 12.4 Å². The fourth-order valence-corrected chi connectivity index (χ4v) is 6.21. The molecule has 1 aliphatic rings. The van der Waals surface area contributed by atoms with Crippen LogP contribution in [0.25, 0.3) is 0 Å². The van der Waals surface area contributed by atoms with Crippen molar-refractivity contribution in [1.82, 2.24) is 9.62 Å². The third kappa shape index (κ3) is 8.32. The lowest BCUT2D eigenvalue weighted by Crippen LogP contribution is -2.64. The van der Waals surface area contributed by atoms with Gasteiger partial charge in [-0.3, -0.25) is 9.59 Å². The van der Waals surface area contributed by atoms with E-state index in [2.05, 4.69) is 5.32 Å². The number of halogens is 2. The molecule has 0 radical (unpaired) electrons. The van der Waals surface area contributed by atoms with Crippen molar-refractivity contribution in [3.8, 4) is 5.75 Å². The molecule has 0 aromatic heterocycles. The summed E-state index contributed by atoms with van der Waals surface area (Å²) in [7, 11) is -3.94. The normalized spacial score (nSPS) is 16.1. The second kappa shape index (κ2) is 13.4. The zero-order valence-electron chi connectivity index (χ0n) is 24.5. The van der Waals surface area contributed by atoms with Crippen LogP contribution in [0.3, 0.4) is 0 Å². The van der Waals surface area contributed by atoms with E-state index in [4.69, 9.17) is 15.2 Å². The summed E-state index contributed by atoms with van der Waals surface area (Å²) >= 11 is 0. The van der Waals surface area contributed by atoms with Crippen LogP contribution in [0.5, 0.6) is 5.75 Å². The highest BCUT2D eigenvalue weighted by atomic mass is 35.5. The molecule has 2 atom stereocenters. The van der Waals surface area contributed by atoms with Gasteiger partial charge in [0.05, 0.1) is 18.0 Å². The summed E-state index contributed by atoms with van der Waals surface area (Å²) in [5, 5.41) is 2.74. The number of sulfonamides is 1. The average molecular weight is 634 g/mol. The highest BCUT2D eigenvalue weighted by Gasteiger charge is 2.52. The monoisotopic (exact) mass is 633 g/mol. The number of carbonyl (C=O) groups excluding carboxylic acids is 2. The summed E-state index contributed by atoms with van der Waals surface area (Å²) in [5.74, 6) is -1.38. The van der Waals surface area contributed by atoms with Crippen molar-refractivity contribution >= 4 is 34.3 Å². The number of amides is 1. The van der Waals surface area contributed by atoms with E-state index in [9.17, 15) is 22.4 Å². The van der Waals surface area contributed by atoms with Crippen molar-refractivity contribution in [3.63, 3.8) is 0 Å². The molecule has 3 aromatic carbocycles. The van der Waals surface area contributed by atoms with E-state index in [-0.39, 0.29) is 36.8 Å². The molecular formula is C31H37ClFN3O6S. The predicted molar refractivity (Wildman–Crippen MR) is 163 cm³/mol. The van der Waals surface area contributed by atoms with Gasteiger partial charge in [0.15, 0.2) is 11.7 Å². The molecule has 1 fully saturated rings. The first-order chi connectivity index (χ1) is 19.7. The molecule has 0 spiro atoms. The Labute approximate surface area is 258 Å². The minimum absolute atomic E-state index is 0. The summed E-state index contributed by atoms with van der Waals surface area (Å²) in [6, 6.07) is 20.0. The van der Waals surface area contributed by atoms with Crippen LogP contribution in [0, 0.1) is 5.82 Å². The van der Waals surface area contributed by atoms with E-state index in [1.807, 2.05) is 51.1 Å². The predicted octanol–water partition coefficient (Wildman–Crippen LogP) is 3.94. The van der Waals surface area contributed by atoms with Crippen LogP contribution in [0.2, 0.25) is 0 Å². The van der Waals surface area contributed by atoms with E-state index >= 15 is 0 Å². The van der Waals surface area contributed by atoms with Gasteiger partial charge >= 0.3 is 5.97 Å². The van der Waals surface area contributed by atoms with Gasteiger partial charge in [0.25, 0.3) is 5.91 Å². The van der Waals surface area contributed by atoms with Gasteiger partial charge in [0.1, 0.15) is 17.6 Å². The number of ether oxygens (including phenoxy) is 2. The minimum Gasteiger partial charge on any atom is -0.480 e. The zero-order chi connectivity index (χ0) is 30.7. The summed E-state index contributed by atoms with van der Waals surface area (Å²) in [5.41, 5.74) is 5.85. The maximum atomic E-state index is 13.8. The second-order valence-electron chi connectivity index (χ2n) is 11.5. The molecule has 4 rings (SSSR count). The molecule has 43 heavy (non-hydrogen) atoms. The SMILES string of the molecule is CC(OC(=O)[C@@H](N)Cc1cccc(S(=O)(=O)N2CC(Oc3cccc(F)c3)(c3ccccc3)C2)c1)C(=O)NC(C)(C)C.Cl. The first-order valence-electron chi connectivity index (χ1n) is 13.6. The Balaban J connectivity index is 0.00000506. The molecule has 0 bridgehead atoms. The van der Waals surface area contributed by atoms with Crippen molar-refractivity contribution < 1.29 is 31.9 Å². The minimum atomic E-state index is -3.94. The van der Waals surface area contributed by atoms with Crippen LogP contribution in [-0.4, -0.2) is 55.4 Å². The first kappa shape index (κ1) is 34.0. The standard InChI is InChI=1S/C31H36FN3O6S.ClH/c1-21(28(36)34-30(2,3)4)40-29(37)27(33)17-22-10-8-15-26(16-22)42(38,39)35-19-31(20-35,23-11-6-5-7-12-23)41-25-14-9-13-24(32)18-25;/h5-16,18,21,27H,17,19-20,33H2,1-4H3,(H,34,36);1H/t21?,27-;/m0./s1. The van der Waals surface area contributed by atoms with E-state index in [1.165, 1.54) is 41.6 Å². The number of hydrogen-bond acceptors (Lipinski definition) is 7. The maximum Gasteiger partial charge on any atom is 0.324 e.